The number of amides is 2. The second-order valence-corrected chi connectivity index (χ2v) is 7.49. The van der Waals surface area contributed by atoms with Crippen LogP contribution in [0.3, 0.4) is 0 Å². The minimum Gasteiger partial charge on any atom is -0.461 e. The number of furan rings is 1. The van der Waals surface area contributed by atoms with Gasteiger partial charge in [0.25, 0.3) is 5.91 Å². The van der Waals surface area contributed by atoms with Crippen LogP contribution in [-0.2, 0) is 4.79 Å². The summed E-state index contributed by atoms with van der Waals surface area (Å²) >= 11 is 0. The lowest BCUT2D eigenvalue weighted by Gasteiger charge is -2.21. The standard InChI is InChI=1S/C23H21FN4O3/c1-13(2)20(28-22(29)14-5-7-15(24)8-6-14)23(30)25-16-9-10-17-18(12-16)27-21(26-17)19-4-3-11-31-19/h3-13,20H,1-2H3,(H,25,30)(H,26,27)(H,28,29). The van der Waals surface area contributed by atoms with Gasteiger partial charge in [-0.1, -0.05) is 13.8 Å². The fourth-order valence-electron chi connectivity index (χ4n) is 3.20. The number of nitrogens with zero attached hydrogens (tertiary/aromatic N) is 1. The fourth-order valence-corrected chi connectivity index (χ4v) is 3.20. The number of H-pyrrole nitrogens is 1. The largest absolute Gasteiger partial charge is 0.461 e. The van der Waals surface area contributed by atoms with E-state index in [2.05, 4.69) is 20.6 Å². The third kappa shape index (κ3) is 4.48. The molecule has 2 amide bonds. The highest BCUT2D eigenvalue weighted by Crippen LogP contribution is 2.23. The van der Waals surface area contributed by atoms with Gasteiger partial charge in [0.05, 0.1) is 17.3 Å². The van der Waals surface area contributed by atoms with E-state index < -0.39 is 17.8 Å². The number of aromatic nitrogens is 2. The average molecular weight is 420 g/mol. The second-order valence-electron chi connectivity index (χ2n) is 7.49. The van der Waals surface area contributed by atoms with Crippen molar-refractivity contribution in [2.45, 2.75) is 19.9 Å². The number of nitrogens with one attached hydrogen (secondary N) is 3. The first-order valence-electron chi connectivity index (χ1n) is 9.81. The van der Waals surface area contributed by atoms with E-state index in [-0.39, 0.29) is 17.4 Å². The number of benzene rings is 2. The van der Waals surface area contributed by atoms with Crippen LogP contribution in [0, 0.1) is 11.7 Å². The van der Waals surface area contributed by atoms with Gasteiger partial charge >= 0.3 is 0 Å². The molecule has 4 aromatic rings. The molecule has 0 aliphatic carbocycles. The summed E-state index contributed by atoms with van der Waals surface area (Å²) in [5.74, 6) is -0.179. The maximum absolute atomic E-state index is 13.1. The number of aromatic amines is 1. The van der Waals surface area contributed by atoms with E-state index in [0.717, 1.165) is 11.0 Å². The molecule has 1 atom stereocenters. The smallest absolute Gasteiger partial charge is 0.251 e. The normalized spacial score (nSPS) is 12.1. The summed E-state index contributed by atoms with van der Waals surface area (Å²) < 4.78 is 18.5. The Bertz CT molecular complexity index is 1210. The summed E-state index contributed by atoms with van der Waals surface area (Å²) in [4.78, 5) is 33.0. The van der Waals surface area contributed by atoms with Crippen LogP contribution in [0.15, 0.2) is 65.3 Å². The molecular weight excluding hydrogens is 399 g/mol. The van der Waals surface area contributed by atoms with Gasteiger partial charge in [-0.05, 0) is 60.5 Å². The Morgan fingerprint density at radius 2 is 1.87 bits per heavy atom. The number of fused-ring (bicyclic) bond motifs is 1. The van der Waals surface area contributed by atoms with Crippen LogP contribution in [0.2, 0.25) is 0 Å². The summed E-state index contributed by atoms with van der Waals surface area (Å²) in [5.41, 5.74) is 2.31. The Kier molecular flexibility index (Phi) is 5.53. The van der Waals surface area contributed by atoms with Crippen LogP contribution in [0.1, 0.15) is 24.2 Å². The molecule has 0 aliphatic rings. The number of hydrogen-bond acceptors (Lipinski definition) is 4. The lowest BCUT2D eigenvalue weighted by molar-refractivity contribution is -0.118. The second kappa shape index (κ2) is 8.43. The van der Waals surface area contributed by atoms with Gasteiger partial charge in [0.1, 0.15) is 11.9 Å². The van der Waals surface area contributed by atoms with Gasteiger partial charge in [-0.15, -0.1) is 0 Å². The van der Waals surface area contributed by atoms with Crippen molar-refractivity contribution in [1.82, 2.24) is 15.3 Å². The van der Waals surface area contributed by atoms with Crippen molar-refractivity contribution in [1.29, 1.82) is 0 Å². The highest BCUT2D eigenvalue weighted by Gasteiger charge is 2.25. The molecule has 31 heavy (non-hydrogen) atoms. The molecule has 3 N–H and O–H groups in total. The summed E-state index contributed by atoms with van der Waals surface area (Å²) in [5, 5.41) is 5.57. The van der Waals surface area contributed by atoms with Crippen molar-refractivity contribution in [2.75, 3.05) is 5.32 Å². The molecule has 0 bridgehead atoms. The van der Waals surface area contributed by atoms with Crippen molar-refractivity contribution >= 4 is 28.5 Å². The minimum absolute atomic E-state index is 0.161. The van der Waals surface area contributed by atoms with E-state index in [0.29, 0.717) is 17.3 Å². The molecule has 2 aromatic carbocycles. The number of carbonyl (C=O) groups excluding carboxylic acids is 2. The van der Waals surface area contributed by atoms with Crippen molar-refractivity contribution in [3.63, 3.8) is 0 Å². The third-order valence-electron chi connectivity index (χ3n) is 4.85. The van der Waals surface area contributed by atoms with E-state index in [9.17, 15) is 14.0 Å². The van der Waals surface area contributed by atoms with Gasteiger partial charge in [0.15, 0.2) is 11.6 Å². The molecule has 2 aromatic heterocycles. The summed E-state index contributed by atoms with van der Waals surface area (Å²) in [6.07, 6.45) is 1.57. The molecule has 8 heteroatoms. The quantitative estimate of drug-likeness (QED) is 0.432. The first-order valence-corrected chi connectivity index (χ1v) is 9.81. The molecule has 0 fully saturated rings. The van der Waals surface area contributed by atoms with E-state index in [4.69, 9.17) is 4.42 Å². The number of carbonyl (C=O) groups is 2. The van der Waals surface area contributed by atoms with Crippen molar-refractivity contribution in [3.8, 4) is 11.6 Å². The molecule has 4 rings (SSSR count). The zero-order valence-corrected chi connectivity index (χ0v) is 17.0. The number of hydrogen-bond donors (Lipinski definition) is 3. The number of anilines is 1. The van der Waals surface area contributed by atoms with Crippen LogP contribution < -0.4 is 10.6 Å². The number of halogens is 1. The Morgan fingerprint density at radius 3 is 2.55 bits per heavy atom. The maximum atomic E-state index is 13.1. The molecule has 1 unspecified atom stereocenters. The first-order chi connectivity index (χ1) is 14.9. The van der Waals surface area contributed by atoms with Gasteiger partial charge in [-0.3, -0.25) is 9.59 Å². The summed E-state index contributed by atoms with van der Waals surface area (Å²) in [6.45, 7) is 3.67. The van der Waals surface area contributed by atoms with Gasteiger partial charge in [-0.2, -0.15) is 0 Å². The van der Waals surface area contributed by atoms with Crippen LogP contribution in [0.5, 0.6) is 0 Å². The number of rotatable bonds is 6. The van der Waals surface area contributed by atoms with Crippen molar-refractivity contribution in [2.24, 2.45) is 5.92 Å². The lowest BCUT2D eigenvalue weighted by Crippen LogP contribution is -2.47. The van der Waals surface area contributed by atoms with Gasteiger partial charge in [0, 0.05) is 11.3 Å². The van der Waals surface area contributed by atoms with Gasteiger partial charge < -0.3 is 20.0 Å². The zero-order valence-electron chi connectivity index (χ0n) is 17.0. The topological polar surface area (TPSA) is 100 Å². The molecular formula is C23H21FN4O3. The van der Waals surface area contributed by atoms with E-state index >= 15 is 0 Å². The van der Waals surface area contributed by atoms with Crippen LogP contribution in [0.25, 0.3) is 22.6 Å². The molecule has 7 nitrogen and oxygen atoms in total. The van der Waals surface area contributed by atoms with Crippen molar-refractivity contribution in [3.05, 3.63) is 72.2 Å². The van der Waals surface area contributed by atoms with Gasteiger partial charge in [-0.25, -0.2) is 9.37 Å². The molecule has 0 radical (unpaired) electrons. The summed E-state index contributed by atoms with van der Waals surface area (Å²) in [6, 6.07) is 13.3. The molecule has 2 heterocycles. The first kappa shape index (κ1) is 20.3. The van der Waals surface area contributed by atoms with Crippen LogP contribution >= 0.6 is 0 Å². The molecule has 0 saturated carbocycles. The monoisotopic (exact) mass is 420 g/mol. The highest BCUT2D eigenvalue weighted by molar-refractivity contribution is 6.02. The van der Waals surface area contributed by atoms with E-state index in [1.807, 2.05) is 13.8 Å². The molecule has 0 saturated heterocycles. The van der Waals surface area contributed by atoms with E-state index in [1.165, 1.54) is 24.3 Å². The Labute approximate surface area is 177 Å². The Hall–Kier alpha value is -3.94. The van der Waals surface area contributed by atoms with Crippen molar-refractivity contribution < 1.29 is 18.4 Å². The number of imidazole rings is 1. The predicted octanol–water partition coefficient (Wildman–Crippen LogP) is 4.36. The highest BCUT2D eigenvalue weighted by atomic mass is 19.1. The van der Waals surface area contributed by atoms with Gasteiger partial charge in [0.2, 0.25) is 5.91 Å². The maximum Gasteiger partial charge on any atom is 0.251 e. The Morgan fingerprint density at radius 1 is 1.10 bits per heavy atom. The van der Waals surface area contributed by atoms with Crippen LogP contribution in [-0.4, -0.2) is 27.8 Å². The Balaban J connectivity index is 1.49. The SMILES string of the molecule is CC(C)C(NC(=O)c1ccc(F)cc1)C(=O)Nc1ccc2nc(-c3ccco3)[nH]c2c1. The van der Waals surface area contributed by atoms with E-state index in [1.54, 1.807) is 36.6 Å². The average Bonchev–Trinajstić information content (AvgIpc) is 3.41. The molecule has 0 spiro atoms. The minimum atomic E-state index is -0.770. The third-order valence-corrected chi connectivity index (χ3v) is 4.85. The molecule has 0 aliphatic heterocycles. The lowest BCUT2D eigenvalue weighted by atomic mass is 10.0. The zero-order chi connectivity index (χ0) is 22.0. The molecule has 158 valence electrons. The van der Waals surface area contributed by atoms with Crippen LogP contribution in [0.4, 0.5) is 10.1 Å². The summed E-state index contributed by atoms with van der Waals surface area (Å²) in [7, 11) is 0. The predicted molar refractivity (Wildman–Crippen MR) is 115 cm³/mol. The fraction of sp³-hybridized carbons (Fsp3) is 0.174.